The van der Waals surface area contributed by atoms with Gasteiger partial charge >= 0.3 is 17.9 Å². The highest BCUT2D eigenvalue weighted by Gasteiger charge is 2.28. The first-order valence-electron chi connectivity index (χ1n) is 31.9. The third-order valence-corrected chi connectivity index (χ3v) is 16.0. The second-order valence-corrected chi connectivity index (χ2v) is 23.1. The van der Waals surface area contributed by atoms with Crippen LogP contribution in [0.4, 0.5) is 0 Å². The van der Waals surface area contributed by atoms with Crippen LogP contribution in [0.3, 0.4) is 0 Å². The average Bonchev–Trinajstić information content (AvgIpc) is 3.43. The van der Waals surface area contributed by atoms with Crippen LogP contribution in [0.1, 0.15) is 308 Å². The summed E-state index contributed by atoms with van der Waals surface area (Å²) in [5.74, 6) is -0.764. The monoisotopic (exact) mass is 1080 g/mol. The van der Waals surface area contributed by atoms with Gasteiger partial charge in [0.25, 0.3) is 0 Å². The van der Waals surface area contributed by atoms with Crippen molar-refractivity contribution in [2.75, 3.05) is 18.1 Å². The van der Waals surface area contributed by atoms with Crippen LogP contribution in [0.2, 0.25) is 0 Å². The fourth-order valence-electron chi connectivity index (χ4n) is 10.0. The smallest absolute Gasteiger partial charge is 0.330 e. The summed E-state index contributed by atoms with van der Waals surface area (Å²) >= 11 is 1.40. The molecule has 2 aromatic carbocycles. The first-order chi connectivity index (χ1) is 37.4. The van der Waals surface area contributed by atoms with Gasteiger partial charge in [0, 0.05) is 30.8 Å². The maximum Gasteiger partial charge on any atom is 0.330 e. The Balaban J connectivity index is 1.98. The molecule has 8 nitrogen and oxygen atoms in total. The highest BCUT2D eigenvalue weighted by atomic mass is 32.2. The molecule has 0 unspecified atom stereocenters. The lowest BCUT2D eigenvalue weighted by Crippen LogP contribution is -2.44. The van der Waals surface area contributed by atoms with Crippen molar-refractivity contribution in [3.05, 3.63) is 71.8 Å². The van der Waals surface area contributed by atoms with Crippen molar-refractivity contribution in [3.8, 4) is 0 Å². The molecule has 9 heteroatoms. The van der Waals surface area contributed by atoms with Crippen molar-refractivity contribution in [1.29, 1.82) is 0 Å². The molecule has 2 rings (SSSR count). The molecule has 0 saturated carbocycles. The number of rotatable bonds is 54. The lowest BCUT2D eigenvalue weighted by atomic mass is 10.0. The number of hydrogen-bond donors (Lipinski definition) is 1. The molecule has 0 radical (unpaired) electrons. The van der Waals surface area contributed by atoms with E-state index in [9.17, 15) is 19.2 Å². The lowest BCUT2D eigenvalue weighted by Gasteiger charge is -2.24. The molecule has 0 aliphatic rings. The molecule has 0 fully saturated rings. The largest absolute Gasteiger partial charge is 0.462 e. The second kappa shape index (κ2) is 51.1. The van der Waals surface area contributed by atoms with E-state index in [1.807, 2.05) is 60.7 Å². The Kier molecular flexibility index (Phi) is 46.3. The van der Waals surface area contributed by atoms with Gasteiger partial charge in [-0.05, 0) is 30.4 Å². The van der Waals surface area contributed by atoms with Gasteiger partial charge in [0.1, 0.15) is 18.8 Å². The van der Waals surface area contributed by atoms with Gasteiger partial charge in [0.05, 0.1) is 0 Å². The maximum atomic E-state index is 14.3. The van der Waals surface area contributed by atoms with E-state index < -0.39 is 24.2 Å². The summed E-state index contributed by atoms with van der Waals surface area (Å²) in [7, 11) is 0. The van der Waals surface area contributed by atoms with Crippen LogP contribution in [0, 0.1) is 0 Å². The van der Waals surface area contributed by atoms with Crippen LogP contribution in [0.25, 0.3) is 0 Å². The molecule has 2 atom stereocenters. The molecular weight excluding hydrogens is 963 g/mol. The van der Waals surface area contributed by atoms with E-state index >= 15 is 0 Å². The number of thioether (sulfide) groups is 1. The summed E-state index contributed by atoms with van der Waals surface area (Å²) in [6.45, 7) is 6.75. The number of ether oxygens (including phenoxy) is 3. The van der Waals surface area contributed by atoms with E-state index in [0.29, 0.717) is 25.0 Å². The van der Waals surface area contributed by atoms with Crippen LogP contribution >= 0.6 is 11.8 Å². The second-order valence-electron chi connectivity index (χ2n) is 22.1. The van der Waals surface area contributed by atoms with Crippen molar-refractivity contribution < 1.29 is 33.4 Å². The molecular formula is C67H113NO7S. The van der Waals surface area contributed by atoms with E-state index in [-0.39, 0.29) is 30.2 Å². The zero-order chi connectivity index (χ0) is 54.6. The molecule has 0 aromatic heterocycles. The minimum Gasteiger partial charge on any atom is -0.462 e. The number of carbonyl (C=O) groups is 4. The van der Waals surface area contributed by atoms with Gasteiger partial charge in [-0.25, -0.2) is 4.79 Å². The zero-order valence-corrected chi connectivity index (χ0v) is 49.9. The predicted molar refractivity (Wildman–Crippen MR) is 322 cm³/mol. The Morgan fingerprint density at radius 2 is 0.724 bits per heavy atom. The summed E-state index contributed by atoms with van der Waals surface area (Å²) in [6, 6.07) is 18.4. The van der Waals surface area contributed by atoms with Gasteiger partial charge in [0.15, 0.2) is 6.10 Å². The Bertz CT molecular complexity index is 1600. The summed E-state index contributed by atoms with van der Waals surface area (Å²) < 4.78 is 18.1. The van der Waals surface area contributed by atoms with Crippen LogP contribution in [0.5, 0.6) is 0 Å². The zero-order valence-electron chi connectivity index (χ0n) is 49.1. The van der Waals surface area contributed by atoms with Crippen molar-refractivity contribution in [3.63, 3.8) is 0 Å². The summed E-state index contributed by atoms with van der Waals surface area (Å²) in [6.07, 6.45) is 47.6. The van der Waals surface area contributed by atoms with E-state index in [1.54, 1.807) is 0 Å². The molecule has 76 heavy (non-hydrogen) atoms. The van der Waals surface area contributed by atoms with Crippen LogP contribution in [-0.2, 0) is 33.4 Å². The fourth-order valence-corrected chi connectivity index (χ4v) is 11.0. The van der Waals surface area contributed by atoms with Crippen molar-refractivity contribution in [1.82, 2.24) is 5.32 Å². The third kappa shape index (κ3) is 39.9. The Morgan fingerprint density at radius 1 is 0.395 bits per heavy atom. The molecule has 1 amide bonds. The fraction of sp³-hybridized carbons (Fsp3) is 0.761. The molecule has 0 aliphatic carbocycles. The van der Waals surface area contributed by atoms with Crippen molar-refractivity contribution in [2.45, 2.75) is 309 Å². The van der Waals surface area contributed by atoms with Gasteiger partial charge in [-0.1, -0.05) is 313 Å². The van der Waals surface area contributed by atoms with Crippen LogP contribution < -0.4 is 5.32 Å². The third-order valence-electron chi connectivity index (χ3n) is 14.9. The molecule has 0 spiro atoms. The van der Waals surface area contributed by atoms with Crippen molar-refractivity contribution in [2.24, 2.45) is 0 Å². The Labute approximate surface area is 470 Å². The van der Waals surface area contributed by atoms with Gasteiger partial charge in [-0.3, -0.25) is 14.4 Å². The number of hydrogen-bond acceptors (Lipinski definition) is 8. The first kappa shape index (κ1) is 68.8. The number of nitrogens with one attached hydrogen (secondary N) is 1. The van der Waals surface area contributed by atoms with Crippen LogP contribution in [-0.4, -0.2) is 54.1 Å². The summed E-state index contributed by atoms with van der Waals surface area (Å²) in [5, 5.41) is 3.03. The molecule has 434 valence electrons. The first-order valence-corrected chi connectivity index (χ1v) is 33.1. The number of unbranched alkanes of at least 4 members (excludes halogenated alkanes) is 36. The summed E-state index contributed by atoms with van der Waals surface area (Å²) in [4.78, 5) is 54.1. The van der Waals surface area contributed by atoms with Gasteiger partial charge in [-0.15, -0.1) is 0 Å². The molecule has 2 aromatic rings. The minimum atomic E-state index is -0.936. The average molecular weight is 1080 g/mol. The molecule has 0 aliphatic heterocycles. The van der Waals surface area contributed by atoms with E-state index in [4.69, 9.17) is 14.2 Å². The summed E-state index contributed by atoms with van der Waals surface area (Å²) in [5.41, 5.74) is 1.67. The van der Waals surface area contributed by atoms with E-state index in [2.05, 4.69) is 26.1 Å². The quantitative estimate of drug-likeness (QED) is 0.0396. The topological polar surface area (TPSA) is 108 Å². The predicted octanol–water partition coefficient (Wildman–Crippen LogP) is 19.4. The molecule has 0 bridgehead atoms. The number of amides is 1. The highest BCUT2D eigenvalue weighted by Crippen LogP contribution is 2.27. The van der Waals surface area contributed by atoms with E-state index in [1.165, 1.54) is 204 Å². The lowest BCUT2D eigenvalue weighted by molar-refractivity contribution is -0.157. The molecule has 0 saturated heterocycles. The Hall–Kier alpha value is -3.33. The minimum absolute atomic E-state index is 0.0424. The number of benzene rings is 2. The normalized spacial score (nSPS) is 12.2. The van der Waals surface area contributed by atoms with E-state index in [0.717, 1.165) is 68.9 Å². The molecule has 0 heterocycles. The van der Waals surface area contributed by atoms with Gasteiger partial charge in [0.2, 0.25) is 5.91 Å². The van der Waals surface area contributed by atoms with Gasteiger partial charge < -0.3 is 19.5 Å². The number of carbonyl (C=O) groups excluding carboxylic acids is 4. The standard InChI is InChI=1S/C67H113NO7S/c1-4-7-10-13-16-19-22-25-28-31-34-37-46-53-63(69)68-62(67(72)75-66(59-49-42-40-43-50-59)60-51-44-41-45-52-60)58-76-57-61(74-65(71)55-48-39-36-33-30-27-24-21-18-15-12-9-6-3)56-73-64(70)54-47-38-35-32-29-26-23-20-17-14-11-8-5-2/h40-45,49-52,61-62,66H,4-39,46-48,53-58H2,1-3H3,(H,68,69)/t61-,62-/m1/s1. The van der Waals surface area contributed by atoms with Crippen molar-refractivity contribution >= 4 is 35.6 Å². The van der Waals surface area contributed by atoms with Crippen LogP contribution in [0.15, 0.2) is 60.7 Å². The Morgan fingerprint density at radius 3 is 1.09 bits per heavy atom. The SMILES string of the molecule is CCCCCCCCCCCCCCCC(=O)N[C@H](CSC[C@@H](COC(=O)CCCCCCCCCCCCCCC)OC(=O)CCCCCCCCCCCCCCC)C(=O)OC(c1ccccc1)c1ccccc1. The van der Waals surface area contributed by atoms with Gasteiger partial charge in [-0.2, -0.15) is 11.8 Å². The number of esters is 3. The highest BCUT2D eigenvalue weighted by molar-refractivity contribution is 7.99. The maximum absolute atomic E-state index is 14.3. The molecule has 1 N–H and O–H groups in total.